The minimum absolute atomic E-state index is 0.00173. The van der Waals surface area contributed by atoms with Crippen LogP contribution in [0, 0.1) is 0 Å². The van der Waals surface area contributed by atoms with Crippen LogP contribution in [0.5, 0.6) is 0 Å². The molecule has 0 bridgehead atoms. The van der Waals surface area contributed by atoms with E-state index in [2.05, 4.69) is 16.0 Å². The number of carbonyl (C=O) groups is 2. The molecule has 6 heteroatoms. The zero-order chi connectivity index (χ0) is 15.2. The van der Waals surface area contributed by atoms with Crippen molar-refractivity contribution >= 4 is 23.3 Å². The smallest absolute Gasteiger partial charge is 0.318 e. The highest BCUT2D eigenvalue weighted by Gasteiger charge is 2.12. The van der Waals surface area contributed by atoms with E-state index in [1.54, 1.807) is 31.3 Å². The lowest BCUT2D eigenvalue weighted by Crippen LogP contribution is -2.27. The summed E-state index contributed by atoms with van der Waals surface area (Å²) in [7, 11) is 1.54. The van der Waals surface area contributed by atoms with Crippen LogP contribution in [0.1, 0.15) is 20.8 Å². The highest BCUT2D eigenvalue weighted by molar-refractivity contribution is 5.92. The Morgan fingerprint density at radius 2 is 1.55 bits per heavy atom. The van der Waals surface area contributed by atoms with Crippen LogP contribution in [0.2, 0.25) is 0 Å². The summed E-state index contributed by atoms with van der Waals surface area (Å²) in [5, 5.41) is 7.80. The van der Waals surface area contributed by atoms with Crippen LogP contribution < -0.4 is 16.0 Å². The third-order valence-electron chi connectivity index (χ3n) is 2.29. The van der Waals surface area contributed by atoms with E-state index in [4.69, 9.17) is 4.74 Å². The first-order valence-electron chi connectivity index (χ1n) is 6.33. The van der Waals surface area contributed by atoms with Crippen molar-refractivity contribution in [3.05, 3.63) is 24.3 Å². The molecule has 110 valence electrons. The molecule has 3 amide bonds. The number of hydrogen-bond acceptors (Lipinski definition) is 3. The molecular weight excluding hydrogens is 258 g/mol. The molecule has 0 saturated heterocycles. The fourth-order valence-corrected chi connectivity index (χ4v) is 1.31. The molecule has 20 heavy (non-hydrogen) atoms. The summed E-state index contributed by atoms with van der Waals surface area (Å²) >= 11 is 0. The average molecular weight is 279 g/mol. The van der Waals surface area contributed by atoms with Crippen molar-refractivity contribution in [1.82, 2.24) is 5.32 Å². The van der Waals surface area contributed by atoms with E-state index in [0.717, 1.165) is 0 Å². The summed E-state index contributed by atoms with van der Waals surface area (Å²) < 4.78 is 5.38. The molecule has 0 unspecified atom stereocenters. The van der Waals surface area contributed by atoms with Gasteiger partial charge in [0.05, 0.1) is 5.60 Å². The predicted molar refractivity (Wildman–Crippen MR) is 78.9 cm³/mol. The quantitative estimate of drug-likeness (QED) is 0.790. The second kappa shape index (κ2) is 6.91. The number of hydrogen-bond donors (Lipinski definition) is 3. The van der Waals surface area contributed by atoms with Crippen LogP contribution in [0.15, 0.2) is 24.3 Å². The van der Waals surface area contributed by atoms with E-state index in [-0.39, 0.29) is 24.1 Å². The zero-order valence-electron chi connectivity index (χ0n) is 12.2. The van der Waals surface area contributed by atoms with Crippen molar-refractivity contribution in [1.29, 1.82) is 0 Å². The Kier molecular flexibility index (Phi) is 5.52. The van der Waals surface area contributed by atoms with Crippen LogP contribution >= 0.6 is 0 Å². The summed E-state index contributed by atoms with van der Waals surface area (Å²) in [6.45, 7) is 5.67. The third-order valence-corrected chi connectivity index (χ3v) is 2.29. The van der Waals surface area contributed by atoms with Gasteiger partial charge in [-0.05, 0) is 45.0 Å². The topological polar surface area (TPSA) is 79.5 Å². The Morgan fingerprint density at radius 3 is 2.00 bits per heavy atom. The van der Waals surface area contributed by atoms with Crippen molar-refractivity contribution in [3.63, 3.8) is 0 Å². The summed E-state index contributed by atoms with van der Waals surface area (Å²) in [5.74, 6) is -0.216. The largest absolute Gasteiger partial charge is 0.366 e. The molecule has 0 aliphatic heterocycles. The Hall–Kier alpha value is -2.08. The van der Waals surface area contributed by atoms with Gasteiger partial charge in [0, 0.05) is 18.4 Å². The number of benzene rings is 1. The molecule has 0 aliphatic carbocycles. The van der Waals surface area contributed by atoms with E-state index < -0.39 is 0 Å². The Labute approximate surface area is 118 Å². The number of amides is 3. The molecule has 0 fully saturated rings. The van der Waals surface area contributed by atoms with Crippen molar-refractivity contribution in [2.75, 3.05) is 24.3 Å². The number of carbonyl (C=O) groups excluding carboxylic acids is 2. The molecule has 0 radical (unpaired) electrons. The summed E-state index contributed by atoms with van der Waals surface area (Å²) in [6, 6.07) is 6.53. The first kappa shape index (κ1) is 16.0. The maximum Gasteiger partial charge on any atom is 0.318 e. The molecule has 1 aromatic rings. The SMILES string of the molecule is CNC(=O)Nc1ccc(NC(=O)COC(C)(C)C)cc1. The number of nitrogens with one attached hydrogen (secondary N) is 3. The number of rotatable bonds is 4. The van der Waals surface area contributed by atoms with Crippen LogP contribution in [-0.2, 0) is 9.53 Å². The Bertz CT molecular complexity index is 464. The van der Waals surface area contributed by atoms with Crippen molar-refractivity contribution in [3.8, 4) is 0 Å². The van der Waals surface area contributed by atoms with Gasteiger partial charge in [-0.3, -0.25) is 4.79 Å². The van der Waals surface area contributed by atoms with Crippen LogP contribution in [0.25, 0.3) is 0 Å². The van der Waals surface area contributed by atoms with Gasteiger partial charge in [0.2, 0.25) is 5.91 Å². The number of anilines is 2. The van der Waals surface area contributed by atoms with Gasteiger partial charge in [0.25, 0.3) is 0 Å². The molecular formula is C14H21N3O3. The van der Waals surface area contributed by atoms with Crippen LogP contribution in [-0.4, -0.2) is 31.2 Å². The molecule has 0 atom stereocenters. The van der Waals surface area contributed by atoms with Crippen molar-refractivity contribution < 1.29 is 14.3 Å². The lowest BCUT2D eigenvalue weighted by Gasteiger charge is -2.19. The highest BCUT2D eigenvalue weighted by Crippen LogP contribution is 2.14. The van der Waals surface area contributed by atoms with E-state index in [9.17, 15) is 9.59 Å². The normalized spacial score (nSPS) is 10.8. The minimum Gasteiger partial charge on any atom is -0.366 e. The van der Waals surface area contributed by atoms with E-state index in [0.29, 0.717) is 11.4 Å². The van der Waals surface area contributed by atoms with Gasteiger partial charge in [-0.25, -0.2) is 4.79 Å². The Balaban J connectivity index is 2.49. The van der Waals surface area contributed by atoms with Crippen LogP contribution in [0.3, 0.4) is 0 Å². The van der Waals surface area contributed by atoms with Crippen molar-refractivity contribution in [2.24, 2.45) is 0 Å². The third kappa shape index (κ3) is 6.19. The summed E-state index contributed by atoms with van der Waals surface area (Å²) in [4.78, 5) is 22.8. The van der Waals surface area contributed by atoms with Gasteiger partial charge in [-0.15, -0.1) is 0 Å². The van der Waals surface area contributed by atoms with E-state index in [1.165, 1.54) is 0 Å². The standard InChI is InChI=1S/C14H21N3O3/c1-14(2,3)20-9-12(18)16-10-5-7-11(8-6-10)17-13(19)15-4/h5-8H,9H2,1-4H3,(H,16,18)(H2,15,17,19). The maximum atomic E-state index is 11.7. The predicted octanol–water partition coefficient (Wildman–Crippen LogP) is 2.19. The average Bonchev–Trinajstić information content (AvgIpc) is 2.38. The number of urea groups is 1. The van der Waals surface area contributed by atoms with Gasteiger partial charge < -0.3 is 20.7 Å². The molecule has 6 nitrogen and oxygen atoms in total. The minimum atomic E-state index is -0.349. The molecule has 0 saturated carbocycles. The molecule has 3 N–H and O–H groups in total. The zero-order valence-corrected chi connectivity index (χ0v) is 12.2. The van der Waals surface area contributed by atoms with E-state index in [1.807, 2.05) is 20.8 Å². The molecule has 1 rings (SSSR count). The molecule has 0 spiro atoms. The van der Waals surface area contributed by atoms with E-state index >= 15 is 0 Å². The fourth-order valence-electron chi connectivity index (χ4n) is 1.31. The highest BCUT2D eigenvalue weighted by atomic mass is 16.5. The Morgan fingerprint density at radius 1 is 1.05 bits per heavy atom. The lowest BCUT2D eigenvalue weighted by molar-refractivity contribution is -0.125. The first-order valence-corrected chi connectivity index (χ1v) is 6.33. The monoisotopic (exact) mass is 279 g/mol. The second-order valence-electron chi connectivity index (χ2n) is 5.23. The second-order valence-corrected chi connectivity index (χ2v) is 5.23. The summed E-state index contributed by atoms with van der Waals surface area (Å²) in [5.41, 5.74) is 0.946. The van der Waals surface area contributed by atoms with Gasteiger partial charge in [0.15, 0.2) is 0 Å². The van der Waals surface area contributed by atoms with Gasteiger partial charge in [-0.2, -0.15) is 0 Å². The fraction of sp³-hybridized carbons (Fsp3) is 0.429. The van der Waals surface area contributed by atoms with Crippen molar-refractivity contribution in [2.45, 2.75) is 26.4 Å². The maximum absolute atomic E-state index is 11.7. The molecule has 1 aromatic carbocycles. The first-order chi connectivity index (χ1) is 9.30. The molecule has 0 aromatic heterocycles. The number of ether oxygens (including phenoxy) is 1. The lowest BCUT2D eigenvalue weighted by atomic mass is 10.2. The molecule has 0 heterocycles. The van der Waals surface area contributed by atoms with Gasteiger partial charge in [0.1, 0.15) is 6.61 Å². The van der Waals surface area contributed by atoms with Crippen LogP contribution in [0.4, 0.5) is 16.2 Å². The van der Waals surface area contributed by atoms with Gasteiger partial charge >= 0.3 is 6.03 Å². The van der Waals surface area contributed by atoms with Gasteiger partial charge in [-0.1, -0.05) is 0 Å². The summed E-state index contributed by atoms with van der Waals surface area (Å²) in [6.07, 6.45) is 0. The molecule has 0 aliphatic rings.